The highest BCUT2D eigenvalue weighted by atomic mass is 32.2. The molecule has 0 spiro atoms. The van der Waals surface area contributed by atoms with Gasteiger partial charge in [0.25, 0.3) is 0 Å². The molecule has 0 amide bonds. The molecule has 116 valence electrons. The number of methoxy groups -OCH3 is 1. The van der Waals surface area contributed by atoms with E-state index in [0.29, 0.717) is 5.56 Å². The van der Waals surface area contributed by atoms with Gasteiger partial charge in [0.05, 0.1) is 6.61 Å². The molecule has 0 bridgehead atoms. The highest BCUT2D eigenvalue weighted by Gasteiger charge is 2.28. The summed E-state index contributed by atoms with van der Waals surface area (Å²) in [5, 5.41) is 8.58. The monoisotopic (exact) mass is 315 g/mol. The van der Waals surface area contributed by atoms with Crippen molar-refractivity contribution >= 4 is 10.0 Å². The molecule has 1 unspecified atom stereocenters. The third-order valence-corrected chi connectivity index (χ3v) is 4.93. The molecule has 0 heterocycles. The number of sulfonamides is 1. The van der Waals surface area contributed by atoms with Gasteiger partial charge in [0, 0.05) is 25.8 Å². The van der Waals surface area contributed by atoms with Crippen molar-refractivity contribution in [3.8, 4) is 11.8 Å². The van der Waals surface area contributed by atoms with Crippen LogP contribution < -0.4 is 0 Å². The maximum Gasteiger partial charge on any atom is 0.246 e. The van der Waals surface area contributed by atoms with E-state index in [0.717, 1.165) is 10.4 Å². The van der Waals surface area contributed by atoms with Gasteiger partial charge in [0.1, 0.15) is 17.3 Å². The lowest BCUT2D eigenvalue weighted by Crippen LogP contribution is -2.38. The first-order valence-electron chi connectivity index (χ1n) is 6.20. The molecule has 0 saturated carbocycles. The van der Waals surface area contributed by atoms with Gasteiger partial charge in [-0.05, 0) is 25.1 Å². The average Bonchev–Trinajstić information content (AvgIpc) is 2.44. The second kappa shape index (κ2) is 7.52. The summed E-state index contributed by atoms with van der Waals surface area (Å²) in [6, 6.07) is 3.17. The number of halogens is 1. The fourth-order valence-corrected chi connectivity index (χ4v) is 3.06. The first-order chi connectivity index (χ1) is 9.84. The van der Waals surface area contributed by atoms with Gasteiger partial charge in [0.2, 0.25) is 10.0 Å². The van der Waals surface area contributed by atoms with Crippen molar-refractivity contribution < 1.29 is 22.7 Å². The van der Waals surface area contributed by atoms with Gasteiger partial charge in [-0.3, -0.25) is 0 Å². The van der Waals surface area contributed by atoms with Crippen LogP contribution in [0.5, 0.6) is 0 Å². The van der Waals surface area contributed by atoms with E-state index in [-0.39, 0.29) is 13.2 Å². The highest BCUT2D eigenvalue weighted by molar-refractivity contribution is 7.89. The number of likely N-dealkylation sites (N-methyl/N-ethyl adjacent to an activating group) is 1. The van der Waals surface area contributed by atoms with Crippen LogP contribution in [0.4, 0.5) is 4.39 Å². The van der Waals surface area contributed by atoms with Gasteiger partial charge >= 0.3 is 0 Å². The molecule has 1 rings (SSSR count). The van der Waals surface area contributed by atoms with Gasteiger partial charge in [-0.2, -0.15) is 4.31 Å². The lowest BCUT2D eigenvalue weighted by Gasteiger charge is -2.23. The number of benzene rings is 1. The standard InChI is InChI=1S/C14H18FNO4S/c1-11(10-20-3)16(2)21(18,19)14-7-6-12(5-4-8-17)9-13(14)15/h6-7,9,11,17H,8,10H2,1-3H3. The molecule has 0 aliphatic heterocycles. The summed E-state index contributed by atoms with van der Waals surface area (Å²) >= 11 is 0. The van der Waals surface area contributed by atoms with E-state index >= 15 is 0 Å². The molecule has 1 aromatic carbocycles. The fraction of sp³-hybridized carbons (Fsp3) is 0.429. The smallest absolute Gasteiger partial charge is 0.246 e. The molecule has 5 nitrogen and oxygen atoms in total. The van der Waals surface area contributed by atoms with Crippen LogP contribution in [0, 0.1) is 17.7 Å². The highest BCUT2D eigenvalue weighted by Crippen LogP contribution is 2.21. The minimum atomic E-state index is -3.95. The van der Waals surface area contributed by atoms with E-state index in [9.17, 15) is 12.8 Å². The molecule has 0 radical (unpaired) electrons. The second-order valence-electron chi connectivity index (χ2n) is 4.43. The predicted octanol–water partition coefficient (Wildman–Crippen LogP) is 0.825. The summed E-state index contributed by atoms with van der Waals surface area (Å²) in [5.41, 5.74) is 0.299. The van der Waals surface area contributed by atoms with Crippen molar-refractivity contribution in [2.75, 3.05) is 27.4 Å². The first-order valence-corrected chi connectivity index (χ1v) is 7.64. The quantitative estimate of drug-likeness (QED) is 0.817. The third-order valence-electron chi connectivity index (χ3n) is 2.93. The number of hydrogen-bond donors (Lipinski definition) is 1. The Morgan fingerprint density at radius 3 is 2.67 bits per heavy atom. The number of rotatable bonds is 5. The number of aliphatic hydroxyl groups excluding tert-OH is 1. The lowest BCUT2D eigenvalue weighted by atomic mass is 10.2. The fourth-order valence-electron chi connectivity index (χ4n) is 1.67. The summed E-state index contributed by atoms with van der Waals surface area (Å²) in [4.78, 5) is -0.414. The number of nitrogens with zero attached hydrogens (tertiary/aromatic N) is 1. The zero-order valence-electron chi connectivity index (χ0n) is 12.1. The Hall–Kier alpha value is -1.46. The summed E-state index contributed by atoms with van der Waals surface area (Å²) in [6.45, 7) is 1.52. The van der Waals surface area contributed by atoms with E-state index in [1.54, 1.807) is 6.92 Å². The van der Waals surface area contributed by atoms with Gasteiger partial charge in [0.15, 0.2) is 0 Å². The normalized spacial score (nSPS) is 12.9. The largest absolute Gasteiger partial charge is 0.384 e. The maximum atomic E-state index is 14.0. The SMILES string of the molecule is COCC(C)N(C)S(=O)(=O)c1ccc(C#CCO)cc1F. The van der Waals surface area contributed by atoms with Crippen LogP contribution in [0.1, 0.15) is 12.5 Å². The van der Waals surface area contributed by atoms with Crippen LogP contribution >= 0.6 is 0 Å². The van der Waals surface area contributed by atoms with Crippen molar-refractivity contribution in [1.29, 1.82) is 0 Å². The molecule has 0 aromatic heterocycles. The zero-order chi connectivity index (χ0) is 16.0. The first kappa shape index (κ1) is 17.6. The second-order valence-corrected chi connectivity index (χ2v) is 6.40. The van der Waals surface area contributed by atoms with Crippen molar-refractivity contribution in [2.24, 2.45) is 0 Å². The van der Waals surface area contributed by atoms with E-state index in [4.69, 9.17) is 9.84 Å². The van der Waals surface area contributed by atoms with Crippen LogP contribution in [-0.4, -0.2) is 51.2 Å². The predicted molar refractivity (Wildman–Crippen MR) is 76.7 cm³/mol. The van der Waals surface area contributed by atoms with E-state index in [1.165, 1.54) is 26.3 Å². The van der Waals surface area contributed by atoms with Crippen molar-refractivity contribution in [3.63, 3.8) is 0 Å². The van der Waals surface area contributed by atoms with Gasteiger partial charge in [-0.25, -0.2) is 12.8 Å². The maximum absolute atomic E-state index is 14.0. The lowest BCUT2D eigenvalue weighted by molar-refractivity contribution is 0.149. The third kappa shape index (κ3) is 4.25. The molecular formula is C14H18FNO4S. The van der Waals surface area contributed by atoms with E-state index < -0.39 is 26.8 Å². The molecule has 1 N–H and O–H groups in total. The topological polar surface area (TPSA) is 66.8 Å². The van der Waals surface area contributed by atoms with Crippen LogP contribution in [0.3, 0.4) is 0 Å². The molecule has 0 aliphatic rings. The molecule has 1 atom stereocenters. The molecule has 0 fully saturated rings. The molecule has 21 heavy (non-hydrogen) atoms. The Morgan fingerprint density at radius 1 is 1.48 bits per heavy atom. The minimum Gasteiger partial charge on any atom is -0.384 e. The van der Waals surface area contributed by atoms with Crippen LogP contribution in [-0.2, 0) is 14.8 Å². The minimum absolute atomic E-state index is 0.206. The number of hydrogen-bond acceptors (Lipinski definition) is 4. The summed E-state index contributed by atoms with van der Waals surface area (Å²) in [6.07, 6.45) is 0. The Kier molecular flexibility index (Phi) is 6.30. The number of aliphatic hydroxyl groups is 1. The average molecular weight is 315 g/mol. The summed E-state index contributed by atoms with van der Waals surface area (Å²) < 4.78 is 44.7. The Morgan fingerprint density at radius 2 is 2.14 bits per heavy atom. The van der Waals surface area contributed by atoms with Crippen LogP contribution in [0.2, 0.25) is 0 Å². The van der Waals surface area contributed by atoms with Crippen molar-refractivity contribution in [1.82, 2.24) is 4.31 Å². The van der Waals surface area contributed by atoms with Gasteiger partial charge < -0.3 is 9.84 Å². The van der Waals surface area contributed by atoms with Crippen LogP contribution in [0.15, 0.2) is 23.1 Å². The molecule has 0 saturated heterocycles. The van der Waals surface area contributed by atoms with Gasteiger partial charge in [-0.15, -0.1) is 0 Å². The number of ether oxygens (including phenoxy) is 1. The molecule has 0 aliphatic carbocycles. The van der Waals surface area contributed by atoms with Crippen LogP contribution in [0.25, 0.3) is 0 Å². The van der Waals surface area contributed by atoms with Gasteiger partial charge in [-0.1, -0.05) is 11.8 Å². The Labute approximate surface area is 124 Å². The molecule has 1 aromatic rings. The van der Waals surface area contributed by atoms with E-state index in [2.05, 4.69) is 11.8 Å². The Bertz CT molecular complexity index is 649. The van der Waals surface area contributed by atoms with E-state index in [1.807, 2.05) is 0 Å². The summed E-state index contributed by atoms with van der Waals surface area (Å²) in [5.74, 6) is 4.01. The summed E-state index contributed by atoms with van der Waals surface area (Å²) in [7, 11) is -1.11. The van der Waals surface area contributed by atoms with Crippen molar-refractivity contribution in [3.05, 3.63) is 29.6 Å². The Balaban J connectivity index is 3.15. The van der Waals surface area contributed by atoms with Crippen molar-refractivity contribution in [2.45, 2.75) is 17.9 Å². The zero-order valence-corrected chi connectivity index (χ0v) is 12.9. The molecular weight excluding hydrogens is 297 g/mol. The molecule has 7 heteroatoms.